The van der Waals surface area contributed by atoms with E-state index in [2.05, 4.69) is 56.8 Å². The summed E-state index contributed by atoms with van der Waals surface area (Å²) >= 11 is 0. The zero-order chi connectivity index (χ0) is 17.7. The molecule has 0 fully saturated rings. The lowest BCUT2D eigenvalue weighted by Crippen LogP contribution is -2.31. The van der Waals surface area contributed by atoms with Crippen LogP contribution in [0.25, 0.3) is 33.2 Å². The Morgan fingerprint density at radius 3 is 2.48 bits per heavy atom. The van der Waals surface area contributed by atoms with Crippen molar-refractivity contribution in [1.29, 1.82) is 5.26 Å². The van der Waals surface area contributed by atoms with Gasteiger partial charge in [-0.15, -0.1) is 0 Å². The summed E-state index contributed by atoms with van der Waals surface area (Å²) in [6.45, 7) is 6.40. The number of fused-ring (bicyclic) bond motifs is 3. The lowest BCUT2D eigenvalue weighted by Gasteiger charge is -2.08. The third kappa shape index (κ3) is 2.30. The average Bonchev–Trinajstić information content (AvgIpc) is 2.96. The van der Waals surface area contributed by atoms with Crippen LogP contribution >= 0.6 is 0 Å². The third-order valence-electron chi connectivity index (χ3n) is 4.97. The number of hydrogen-bond donors (Lipinski definition) is 0. The molecule has 3 heteroatoms. The number of nitrogens with zero attached hydrogens (tertiary/aromatic N) is 2. The van der Waals surface area contributed by atoms with Crippen LogP contribution in [-0.2, 0) is 7.05 Å². The molecule has 0 atom stereocenters. The predicted molar refractivity (Wildman–Crippen MR) is 99.3 cm³/mol. The van der Waals surface area contributed by atoms with Crippen molar-refractivity contribution in [3.8, 4) is 17.3 Å². The van der Waals surface area contributed by atoms with Crippen molar-refractivity contribution in [2.45, 2.75) is 20.8 Å². The van der Waals surface area contributed by atoms with Gasteiger partial charge >= 0.3 is 0 Å². The molecule has 0 aliphatic heterocycles. The largest absolute Gasteiger partial charge is 0.456 e. The van der Waals surface area contributed by atoms with E-state index in [0.717, 1.165) is 21.9 Å². The zero-order valence-corrected chi connectivity index (χ0v) is 14.8. The van der Waals surface area contributed by atoms with Crippen LogP contribution in [0.1, 0.15) is 22.3 Å². The molecule has 0 N–H and O–H groups in total. The van der Waals surface area contributed by atoms with E-state index in [1.807, 2.05) is 24.3 Å². The number of aryl methyl sites for hydroxylation is 4. The van der Waals surface area contributed by atoms with Gasteiger partial charge in [0.2, 0.25) is 5.69 Å². The van der Waals surface area contributed by atoms with Crippen molar-refractivity contribution in [3.05, 3.63) is 64.8 Å². The summed E-state index contributed by atoms with van der Waals surface area (Å²) in [5, 5.41) is 11.3. The zero-order valence-electron chi connectivity index (χ0n) is 14.8. The summed E-state index contributed by atoms with van der Waals surface area (Å²) in [6, 6.07) is 14.2. The summed E-state index contributed by atoms with van der Waals surface area (Å²) < 4.78 is 8.22. The standard InChI is InChI=1S/C22H19N2O/c1-13-5-8-19-22(17-7-6-16(11-23)10-20(17)25-19)21(13)18-9-14(2)15(3)12-24(18)4/h5-10,12H,1-4H3/q+1. The number of furan rings is 1. The fourth-order valence-corrected chi connectivity index (χ4v) is 3.50. The maximum Gasteiger partial charge on any atom is 0.213 e. The van der Waals surface area contributed by atoms with Gasteiger partial charge in [-0.2, -0.15) is 5.26 Å². The smallest absolute Gasteiger partial charge is 0.213 e. The van der Waals surface area contributed by atoms with Crippen molar-refractivity contribution < 1.29 is 8.98 Å². The first-order chi connectivity index (χ1) is 12.0. The quantitative estimate of drug-likeness (QED) is 0.468. The van der Waals surface area contributed by atoms with E-state index < -0.39 is 0 Å². The highest BCUT2D eigenvalue weighted by molar-refractivity contribution is 6.12. The van der Waals surface area contributed by atoms with Gasteiger partial charge in [0, 0.05) is 22.4 Å². The third-order valence-corrected chi connectivity index (χ3v) is 4.97. The first kappa shape index (κ1) is 15.4. The summed E-state index contributed by atoms with van der Waals surface area (Å²) in [5.74, 6) is 0. The predicted octanol–water partition coefficient (Wildman–Crippen LogP) is 4.87. The Hall–Kier alpha value is -3.12. The Kier molecular flexibility index (Phi) is 3.36. The topological polar surface area (TPSA) is 40.8 Å². The van der Waals surface area contributed by atoms with E-state index >= 15 is 0 Å². The van der Waals surface area contributed by atoms with Crippen LogP contribution in [0.4, 0.5) is 0 Å². The molecule has 2 aromatic heterocycles. The summed E-state index contributed by atoms with van der Waals surface area (Å²) in [4.78, 5) is 0. The van der Waals surface area contributed by atoms with Crippen molar-refractivity contribution in [2.24, 2.45) is 7.05 Å². The van der Waals surface area contributed by atoms with Crippen LogP contribution in [0.5, 0.6) is 0 Å². The maximum absolute atomic E-state index is 9.15. The number of pyridine rings is 1. The molecule has 0 aliphatic rings. The van der Waals surface area contributed by atoms with E-state index in [0.29, 0.717) is 5.56 Å². The number of hydrogen-bond acceptors (Lipinski definition) is 2. The lowest BCUT2D eigenvalue weighted by molar-refractivity contribution is -0.660. The van der Waals surface area contributed by atoms with E-state index in [-0.39, 0.29) is 0 Å². The van der Waals surface area contributed by atoms with Crippen molar-refractivity contribution in [1.82, 2.24) is 0 Å². The van der Waals surface area contributed by atoms with Crippen molar-refractivity contribution in [3.63, 3.8) is 0 Å². The normalized spacial score (nSPS) is 11.2. The SMILES string of the molecule is Cc1cc(-c2c(C)ccc3oc4cc(C#N)ccc4c23)[n+](C)cc1C. The molecule has 3 nitrogen and oxygen atoms in total. The van der Waals surface area contributed by atoms with Crippen LogP contribution in [0.3, 0.4) is 0 Å². The minimum Gasteiger partial charge on any atom is -0.456 e. The maximum atomic E-state index is 9.15. The monoisotopic (exact) mass is 327 g/mol. The first-order valence-electron chi connectivity index (χ1n) is 8.33. The molecule has 4 rings (SSSR count). The van der Waals surface area contributed by atoms with Gasteiger partial charge in [-0.1, -0.05) is 6.07 Å². The number of benzene rings is 2. The second-order valence-electron chi connectivity index (χ2n) is 6.69. The summed E-state index contributed by atoms with van der Waals surface area (Å²) in [7, 11) is 2.08. The molecule has 0 radical (unpaired) electrons. The second-order valence-corrected chi connectivity index (χ2v) is 6.69. The first-order valence-corrected chi connectivity index (χ1v) is 8.33. The number of nitriles is 1. The molecule has 0 amide bonds. The Morgan fingerprint density at radius 2 is 1.72 bits per heavy atom. The van der Waals surface area contributed by atoms with Gasteiger partial charge in [0.25, 0.3) is 0 Å². The van der Waals surface area contributed by atoms with Crippen LogP contribution < -0.4 is 4.57 Å². The Balaban J connectivity index is 2.15. The molecule has 0 saturated carbocycles. The molecule has 0 saturated heterocycles. The van der Waals surface area contributed by atoms with E-state index in [1.54, 1.807) is 0 Å². The molecule has 0 unspecified atom stereocenters. The van der Waals surface area contributed by atoms with Gasteiger partial charge in [0.1, 0.15) is 18.2 Å². The Bertz CT molecular complexity index is 1190. The fourth-order valence-electron chi connectivity index (χ4n) is 3.50. The number of aromatic nitrogens is 1. The minimum absolute atomic E-state index is 0.613. The molecule has 2 aromatic carbocycles. The molecule has 122 valence electrons. The van der Waals surface area contributed by atoms with Gasteiger partial charge in [-0.05, 0) is 56.2 Å². The van der Waals surface area contributed by atoms with E-state index in [4.69, 9.17) is 9.68 Å². The molecule has 0 spiro atoms. The molecule has 4 aromatic rings. The fraction of sp³-hybridized carbons (Fsp3) is 0.182. The Labute approximate surface area is 146 Å². The molecule has 2 heterocycles. The highest BCUT2D eigenvalue weighted by Crippen LogP contribution is 2.38. The van der Waals surface area contributed by atoms with Crippen LogP contribution in [0, 0.1) is 32.1 Å². The molecule has 0 bridgehead atoms. The van der Waals surface area contributed by atoms with Crippen molar-refractivity contribution in [2.75, 3.05) is 0 Å². The van der Waals surface area contributed by atoms with Gasteiger partial charge in [0.15, 0.2) is 6.20 Å². The molecular weight excluding hydrogens is 308 g/mol. The van der Waals surface area contributed by atoms with E-state index in [1.165, 1.54) is 27.9 Å². The molecule has 0 aliphatic carbocycles. The van der Waals surface area contributed by atoms with Crippen LogP contribution in [0.15, 0.2) is 47.0 Å². The lowest BCUT2D eigenvalue weighted by atomic mass is 9.96. The highest BCUT2D eigenvalue weighted by atomic mass is 16.3. The number of rotatable bonds is 1. The van der Waals surface area contributed by atoms with Gasteiger partial charge in [0.05, 0.1) is 17.2 Å². The molecular formula is C22H19N2O+. The average molecular weight is 327 g/mol. The molecule has 25 heavy (non-hydrogen) atoms. The van der Waals surface area contributed by atoms with Gasteiger partial charge < -0.3 is 4.42 Å². The minimum atomic E-state index is 0.613. The summed E-state index contributed by atoms with van der Waals surface area (Å²) in [5.41, 5.74) is 8.32. The highest BCUT2D eigenvalue weighted by Gasteiger charge is 2.21. The summed E-state index contributed by atoms with van der Waals surface area (Å²) in [6.07, 6.45) is 2.17. The second kappa shape index (κ2) is 5.46. The van der Waals surface area contributed by atoms with Crippen molar-refractivity contribution >= 4 is 21.9 Å². The van der Waals surface area contributed by atoms with Crippen LogP contribution in [-0.4, -0.2) is 0 Å². The Morgan fingerprint density at radius 1 is 0.920 bits per heavy atom. The van der Waals surface area contributed by atoms with E-state index in [9.17, 15) is 0 Å². The van der Waals surface area contributed by atoms with Gasteiger partial charge in [-0.25, -0.2) is 4.57 Å². The van der Waals surface area contributed by atoms with Crippen LogP contribution in [0.2, 0.25) is 0 Å². The van der Waals surface area contributed by atoms with Gasteiger partial charge in [-0.3, -0.25) is 0 Å².